The fraction of sp³-hybridized carbons (Fsp3) is 1.00. The Morgan fingerprint density at radius 2 is 1.15 bits per heavy atom. The lowest BCUT2D eigenvalue weighted by Crippen LogP contribution is -2.65. The number of rotatable bonds is 16. The average Bonchev–Trinajstić information content (AvgIpc) is 2.69. The number of ether oxygens (including phenoxy) is 5. The van der Waals surface area contributed by atoms with Gasteiger partial charge >= 0.3 is 0 Å². The maximum Gasteiger partial charge on any atom is 0.183 e. The molecule has 0 aliphatic heterocycles. The van der Waals surface area contributed by atoms with Crippen molar-refractivity contribution in [2.45, 2.75) is 57.3 Å². The molecule has 0 aromatic rings. The van der Waals surface area contributed by atoms with E-state index < -0.39 is 11.6 Å². The van der Waals surface area contributed by atoms with Crippen LogP contribution in [0.5, 0.6) is 0 Å². The summed E-state index contributed by atoms with van der Waals surface area (Å²) in [6.07, 6.45) is 3.03. The van der Waals surface area contributed by atoms with Gasteiger partial charge in [-0.2, -0.15) is 0 Å². The van der Waals surface area contributed by atoms with Gasteiger partial charge in [0.1, 0.15) is 0 Å². The standard InChI is InChI=1S/C18H41NO5P2/c1-8-17(20-4,21-5)15(13-25)19(11-12-24-10-3)16(14-26)18(9-2,22-6)23-7/h15-16H,8-14,25-26H2,1-7H3. The van der Waals surface area contributed by atoms with Gasteiger partial charge in [-0.25, -0.2) is 0 Å². The van der Waals surface area contributed by atoms with Gasteiger partial charge in [0.05, 0.1) is 18.7 Å². The highest BCUT2D eigenvalue weighted by molar-refractivity contribution is 7.16. The highest BCUT2D eigenvalue weighted by Gasteiger charge is 2.48. The van der Waals surface area contributed by atoms with Gasteiger partial charge in [0.15, 0.2) is 11.6 Å². The van der Waals surface area contributed by atoms with Crippen molar-refractivity contribution >= 4 is 18.5 Å². The van der Waals surface area contributed by atoms with E-state index in [4.69, 9.17) is 23.7 Å². The molecular formula is C18H41NO5P2. The zero-order chi connectivity index (χ0) is 20.2. The highest BCUT2D eigenvalue weighted by Crippen LogP contribution is 2.34. The largest absolute Gasteiger partial charge is 0.380 e. The average molecular weight is 413 g/mol. The summed E-state index contributed by atoms with van der Waals surface area (Å²) in [5.74, 6) is -1.43. The molecule has 158 valence electrons. The Morgan fingerprint density at radius 3 is 1.38 bits per heavy atom. The first-order valence-corrected chi connectivity index (χ1v) is 11.0. The van der Waals surface area contributed by atoms with Crippen molar-refractivity contribution in [1.82, 2.24) is 4.90 Å². The van der Waals surface area contributed by atoms with E-state index in [1.807, 2.05) is 6.92 Å². The van der Waals surface area contributed by atoms with Crippen LogP contribution in [0, 0.1) is 0 Å². The molecule has 4 unspecified atom stereocenters. The molecule has 0 saturated heterocycles. The van der Waals surface area contributed by atoms with Crippen LogP contribution in [0.25, 0.3) is 0 Å². The molecule has 0 bridgehead atoms. The Labute approximate surface area is 165 Å². The van der Waals surface area contributed by atoms with Crippen molar-refractivity contribution in [2.75, 3.05) is 60.5 Å². The summed E-state index contributed by atoms with van der Waals surface area (Å²) in [5, 5.41) is 0. The molecule has 0 N–H and O–H groups in total. The lowest BCUT2D eigenvalue weighted by Gasteiger charge is -2.50. The second-order valence-electron chi connectivity index (χ2n) is 6.09. The molecule has 0 saturated carbocycles. The van der Waals surface area contributed by atoms with Gasteiger partial charge in [-0.1, -0.05) is 13.8 Å². The van der Waals surface area contributed by atoms with E-state index in [0.717, 1.165) is 31.7 Å². The van der Waals surface area contributed by atoms with Crippen LogP contribution in [0.15, 0.2) is 0 Å². The predicted octanol–water partition coefficient (Wildman–Crippen LogP) is 2.61. The van der Waals surface area contributed by atoms with Crippen molar-refractivity contribution in [3.05, 3.63) is 0 Å². The summed E-state index contributed by atoms with van der Waals surface area (Å²) in [4.78, 5) is 2.36. The van der Waals surface area contributed by atoms with Crippen LogP contribution in [-0.4, -0.2) is 89.1 Å². The second kappa shape index (κ2) is 13.7. The molecule has 0 amide bonds. The summed E-state index contributed by atoms with van der Waals surface area (Å²) < 4.78 is 29.2. The van der Waals surface area contributed by atoms with Crippen molar-refractivity contribution in [3.63, 3.8) is 0 Å². The number of hydrogen-bond acceptors (Lipinski definition) is 6. The minimum Gasteiger partial charge on any atom is -0.380 e. The fourth-order valence-corrected chi connectivity index (χ4v) is 5.00. The lowest BCUT2D eigenvalue weighted by molar-refractivity contribution is -0.278. The number of hydrogen-bond donors (Lipinski definition) is 0. The third-order valence-electron chi connectivity index (χ3n) is 5.33. The summed E-state index contributed by atoms with van der Waals surface area (Å²) in [6, 6.07) is -0.00976. The van der Waals surface area contributed by atoms with Gasteiger partial charge < -0.3 is 23.7 Å². The molecule has 0 heterocycles. The predicted molar refractivity (Wildman–Crippen MR) is 114 cm³/mol. The topological polar surface area (TPSA) is 49.4 Å². The van der Waals surface area contributed by atoms with Crippen LogP contribution in [-0.2, 0) is 23.7 Å². The Kier molecular flexibility index (Phi) is 14.1. The molecule has 0 aliphatic carbocycles. The minimum atomic E-state index is -0.715. The molecule has 0 fully saturated rings. The molecule has 26 heavy (non-hydrogen) atoms. The SMILES string of the molecule is CCOCCN(C(CP)C(CC)(OC)OC)C(CP)C(CC)(OC)OC. The molecule has 0 aromatic heterocycles. The molecule has 0 rings (SSSR count). The highest BCUT2D eigenvalue weighted by atomic mass is 31.0. The summed E-state index contributed by atoms with van der Waals surface area (Å²) in [6.45, 7) is 8.21. The first-order chi connectivity index (χ1) is 12.5. The zero-order valence-corrected chi connectivity index (χ0v) is 20.1. The van der Waals surface area contributed by atoms with Crippen LogP contribution >= 0.6 is 18.5 Å². The second-order valence-corrected chi connectivity index (χ2v) is 7.03. The molecule has 8 heteroatoms. The molecule has 0 aliphatic rings. The first kappa shape index (κ1) is 26.6. The van der Waals surface area contributed by atoms with E-state index in [-0.39, 0.29) is 12.1 Å². The van der Waals surface area contributed by atoms with Gasteiger partial charge in [0.2, 0.25) is 0 Å². The quantitative estimate of drug-likeness (QED) is 0.220. The van der Waals surface area contributed by atoms with Crippen LogP contribution in [0.2, 0.25) is 0 Å². The van der Waals surface area contributed by atoms with Crippen molar-refractivity contribution in [2.24, 2.45) is 0 Å². The molecule has 4 atom stereocenters. The van der Waals surface area contributed by atoms with Gasteiger partial charge in [-0.3, -0.25) is 4.90 Å². The summed E-state index contributed by atoms with van der Waals surface area (Å²) in [5.41, 5.74) is 0. The third-order valence-corrected chi connectivity index (χ3v) is 6.22. The van der Waals surface area contributed by atoms with E-state index in [9.17, 15) is 0 Å². The Hall–Kier alpha value is 0.620. The van der Waals surface area contributed by atoms with Crippen molar-refractivity contribution in [3.8, 4) is 0 Å². The van der Waals surface area contributed by atoms with Crippen molar-refractivity contribution < 1.29 is 23.7 Å². The van der Waals surface area contributed by atoms with E-state index >= 15 is 0 Å². The normalized spacial score (nSPS) is 15.5. The van der Waals surface area contributed by atoms with Crippen molar-refractivity contribution in [1.29, 1.82) is 0 Å². The maximum absolute atomic E-state index is 5.88. The Bertz CT molecular complexity index is 310. The molecule has 0 spiro atoms. The minimum absolute atomic E-state index is 0.00488. The monoisotopic (exact) mass is 413 g/mol. The van der Waals surface area contributed by atoms with Gasteiger partial charge in [0.25, 0.3) is 0 Å². The van der Waals surface area contributed by atoms with E-state index in [0.29, 0.717) is 13.2 Å². The maximum atomic E-state index is 5.88. The van der Waals surface area contributed by atoms with Gasteiger partial charge in [-0.15, -0.1) is 18.5 Å². The van der Waals surface area contributed by atoms with E-state index in [2.05, 4.69) is 37.2 Å². The summed E-state index contributed by atoms with van der Waals surface area (Å²) in [7, 11) is 12.5. The van der Waals surface area contributed by atoms with Crippen LogP contribution < -0.4 is 0 Å². The molecular weight excluding hydrogens is 372 g/mol. The Balaban J connectivity index is 6.06. The van der Waals surface area contributed by atoms with E-state index in [1.165, 1.54) is 0 Å². The van der Waals surface area contributed by atoms with E-state index in [1.54, 1.807) is 28.4 Å². The number of nitrogens with zero attached hydrogens (tertiary/aromatic N) is 1. The van der Waals surface area contributed by atoms with Crippen LogP contribution in [0.3, 0.4) is 0 Å². The summed E-state index contributed by atoms with van der Waals surface area (Å²) >= 11 is 0. The van der Waals surface area contributed by atoms with Gasteiger partial charge in [0, 0.05) is 54.4 Å². The van der Waals surface area contributed by atoms with Crippen LogP contribution in [0.4, 0.5) is 0 Å². The zero-order valence-electron chi connectivity index (χ0n) is 17.7. The third kappa shape index (κ3) is 6.06. The first-order valence-electron chi connectivity index (χ1n) is 9.40. The van der Waals surface area contributed by atoms with Gasteiger partial charge in [-0.05, 0) is 19.2 Å². The fourth-order valence-electron chi connectivity index (χ4n) is 3.74. The number of methoxy groups -OCH3 is 4. The lowest BCUT2D eigenvalue weighted by atomic mass is 9.96. The molecule has 6 nitrogen and oxygen atoms in total. The Morgan fingerprint density at radius 1 is 0.769 bits per heavy atom. The van der Waals surface area contributed by atoms with Crippen LogP contribution in [0.1, 0.15) is 33.6 Å². The molecule has 0 aromatic carbocycles. The molecule has 0 radical (unpaired) electrons. The smallest absolute Gasteiger partial charge is 0.183 e.